The zero-order chi connectivity index (χ0) is 16.9. The van der Waals surface area contributed by atoms with Crippen molar-refractivity contribution in [3.05, 3.63) is 24.2 Å². The average Bonchev–Trinajstić information content (AvgIpc) is 3.29. The molecular weight excluding hydrogens is 304 g/mol. The normalized spacial score (nSPS) is 27.0. The number of unbranched alkanes of at least 4 members (excludes halogenated alkanes) is 1. The van der Waals surface area contributed by atoms with Crippen molar-refractivity contribution in [2.45, 2.75) is 64.5 Å². The van der Waals surface area contributed by atoms with Crippen LogP contribution in [0.1, 0.15) is 57.6 Å². The largest absolute Gasteiger partial charge is 0.467 e. The zero-order valence-corrected chi connectivity index (χ0v) is 14.5. The summed E-state index contributed by atoms with van der Waals surface area (Å²) in [5.41, 5.74) is 0. The Hall–Kier alpha value is -1.78. The lowest BCUT2D eigenvalue weighted by Crippen LogP contribution is -2.41. The first kappa shape index (κ1) is 17.1. The second-order valence-corrected chi connectivity index (χ2v) is 7.20. The fourth-order valence-electron chi connectivity index (χ4n) is 4.03. The van der Waals surface area contributed by atoms with Crippen molar-refractivity contribution < 1.29 is 14.0 Å². The van der Waals surface area contributed by atoms with Crippen molar-refractivity contribution in [2.24, 2.45) is 11.8 Å². The summed E-state index contributed by atoms with van der Waals surface area (Å²) in [4.78, 5) is 26.5. The molecule has 5 heteroatoms. The van der Waals surface area contributed by atoms with Gasteiger partial charge >= 0.3 is 0 Å². The molecule has 1 N–H and O–H groups in total. The summed E-state index contributed by atoms with van der Waals surface area (Å²) in [6.07, 6.45) is 9.07. The molecule has 0 aromatic carbocycles. The molecule has 3 rings (SSSR count). The Labute approximate surface area is 143 Å². The van der Waals surface area contributed by atoms with Crippen LogP contribution in [0.3, 0.4) is 0 Å². The van der Waals surface area contributed by atoms with E-state index in [1.165, 1.54) is 32.1 Å². The van der Waals surface area contributed by atoms with Crippen LogP contribution >= 0.6 is 0 Å². The van der Waals surface area contributed by atoms with E-state index in [0.717, 1.165) is 12.2 Å². The van der Waals surface area contributed by atoms with Crippen molar-refractivity contribution in [2.75, 3.05) is 6.54 Å². The highest BCUT2D eigenvalue weighted by Gasteiger charge is 2.37. The third-order valence-corrected chi connectivity index (χ3v) is 5.43. The summed E-state index contributed by atoms with van der Waals surface area (Å²) in [7, 11) is 0. The molecule has 1 aliphatic carbocycles. The van der Waals surface area contributed by atoms with Crippen LogP contribution in [-0.4, -0.2) is 29.3 Å². The van der Waals surface area contributed by atoms with Crippen LogP contribution in [0.25, 0.3) is 0 Å². The van der Waals surface area contributed by atoms with Gasteiger partial charge in [-0.2, -0.15) is 0 Å². The third kappa shape index (κ3) is 4.00. The van der Waals surface area contributed by atoms with Gasteiger partial charge < -0.3 is 14.6 Å². The summed E-state index contributed by atoms with van der Waals surface area (Å²) in [5.74, 6) is 1.25. The highest BCUT2D eigenvalue weighted by molar-refractivity contribution is 5.89. The Morgan fingerprint density at radius 2 is 2.29 bits per heavy atom. The number of furan rings is 1. The smallest absolute Gasteiger partial charge is 0.225 e. The monoisotopic (exact) mass is 332 g/mol. The van der Waals surface area contributed by atoms with Gasteiger partial charge in [0.25, 0.3) is 0 Å². The predicted molar refractivity (Wildman–Crippen MR) is 91.0 cm³/mol. The van der Waals surface area contributed by atoms with Crippen molar-refractivity contribution in [3.63, 3.8) is 0 Å². The second-order valence-electron chi connectivity index (χ2n) is 7.20. The molecular formula is C19H28N2O3. The molecule has 0 spiro atoms. The SMILES string of the molecule is CCCCC1CCCC1NC(=O)C1CC(=O)N(Cc2ccco2)C1. The number of nitrogens with one attached hydrogen (secondary N) is 1. The fraction of sp³-hybridized carbons (Fsp3) is 0.684. The van der Waals surface area contributed by atoms with Crippen LogP contribution in [0.4, 0.5) is 0 Å². The van der Waals surface area contributed by atoms with Crippen molar-refractivity contribution in [3.8, 4) is 0 Å². The summed E-state index contributed by atoms with van der Waals surface area (Å²) in [6.45, 7) is 3.16. The van der Waals surface area contributed by atoms with Gasteiger partial charge in [-0.3, -0.25) is 9.59 Å². The number of nitrogens with zero attached hydrogens (tertiary/aromatic N) is 1. The minimum absolute atomic E-state index is 0.0421. The van der Waals surface area contributed by atoms with E-state index >= 15 is 0 Å². The first-order valence-electron chi connectivity index (χ1n) is 9.28. The van der Waals surface area contributed by atoms with Crippen molar-refractivity contribution >= 4 is 11.8 Å². The van der Waals surface area contributed by atoms with Gasteiger partial charge in [0, 0.05) is 19.0 Å². The highest BCUT2D eigenvalue weighted by atomic mass is 16.3. The molecule has 5 nitrogen and oxygen atoms in total. The fourth-order valence-corrected chi connectivity index (χ4v) is 4.03. The van der Waals surface area contributed by atoms with Gasteiger partial charge in [0.15, 0.2) is 0 Å². The van der Waals surface area contributed by atoms with E-state index in [1.54, 1.807) is 11.2 Å². The predicted octanol–water partition coefficient (Wildman–Crippen LogP) is 3.10. The van der Waals surface area contributed by atoms with Crippen LogP contribution in [0.2, 0.25) is 0 Å². The molecule has 1 aliphatic heterocycles. The van der Waals surface area contributed by atoms with Gasteiger partial charge in [0.2, 0.25) is 11.8 Å². The molecule has 2 fully saturated rings. The zero-order valence-electron chi connectivity index (χ0n) is 14.5. The van der Waals surface area contributed by atoms with Gasteiger partial charge in [0.05, 0.1) is 18.7 Å². The summed E-state index contributed by atoms with van der Waals surface area (Å²) >= 11 is 0. The molecule has 2 amide bonds. The van der Waals surface area contributed by atoms with E-state index in [4.69, 9.17) is 4.42 Å². The Morgan fingerprint density at radius 3 is 3.04 bits per heavy atom. The lowest BCUT2D eigenvalue weighted by Gasteiger charge is -2.22. The van der Waals surface area contributed by atoms with E-state index in [2.05, 4.69) is 12.2 Å². The lowest BCUT2D eigenvalue weighted by atomic mass is 9.96. The second kappa shape index (κ2) is 7.86. The third-order valence-electron chi connectivity index (χ3n) is 5.43. The highest BCUT2D eigenvalue weighted by Crippen LogP contribution is 2.30. The minimum atomic E-state index is -0.222. The van der Waals surface area contributed by atoms with Crippen molar-refractivity contribution in [1.82, 2.24) is 10.2 Å². The topological polar surface area (TPSA) is 62.6 Å². The summed E-state index contributed by atoms with van der Waals surface area (Å²) < 4.78 is 5.30. The van der Waals surface area contributed by atoms with Crippen LogP contribution in [0.15, 0.2) is 22.8 Å². The van der Waals surface area contributed by atoms with Gasteiger partial charge in [-0.1, -0.05) is 26.2 Å². The molecule has 3 atom stereocenters. The van der Waals surface area contributed by atoms with E-state index in [0.29, 0.717) is 31.5 Å². The molecule has 24 heavy (non-hydrogen) atoms. The quantitative estimate of drug-likeness (QED) is 0.834. The Balaban J connectivity index is 1.51. The van der Waals surface area contributed by atoms with E-state index < -0.39 is 0 Å². The number of likely N-dealkylation sites (tertiary alicyclic amines) is 1. The van der Waals surface area contributed by atoms with Crippen molar-refractivity contribution in [1.29, 1.82) is 0 Å². The van der Waals surface area contributed by atoms with Gasteiger partial charge in [-0.05, 0) is 37.3 Å². The van der Waals surface area contributed by atoms with Crippen LogP contribution in [0.5, 0.6) is 0 Å². The Morgan fingerprint density at radius 1 is 1.42 bits per heavy atom. The molecule has 2 aliphatic rings. The standard InChI is InChI=1S/C19H28N2O3/c1-2-3-6-14-7-4-9-17(14)20-19(23)15-11-18(22)21(12-15)13-16-8-5-10-24-16/h5,8,10,14-15,17H,2-4,6-7,9,11-13H2,1H3,(H,20,23). The molecule has 1 saturated heterocycles. The van der Waals surface area contributed by atoms with Gasteiger partial charge in [-0.25, -0.2) is 0 Å². The molecule has 1 saturated carbocycles. The average molecular weight is 332 g/mol. The molecule has 0 radical (unpaired) electrons. The number of hydrogen-bond donors (Lipinski definition) is 1. The maximum atomic E-state index is 12.6. The Bertz CT molecular complexity index is 555. The molecule has 3 unspecified atom stereocenters. The Kier molecular flexibility index (Phi) is 5.59. The molecule has 132 valence electrons. The number of hydrogen-bond acceptors (Lipinski definition) is 3. The first-order valence-corrected chi connectivity index (χ1v) is 9.28. The van der Waals surface area contributed by atoms with Gasteiger partial charge in [0.1, 0.15) is 5.76 Å². The number of rotatable bonds is 7. The maximum absolute atomic E-state index is 12.6. The number of carbonyl (C=O) groups is 2. The lowest BCUT2D eigenvalue weighted by molar-refractivity contribution is -0.129. The van der Waals surface area contributed by atoms with Crippen LogP contribution in [-0.2, 0) is 16.1 Å². The van der Waals surface area contributed by atoms with E-state index in [9.17, 15) is 9.59 Å². The molecule has 2 heterocycles. The van der Waals surface area contributed by atoms with E-state index in [1.807, 2.05) is 12.1 Å². The van der Waals surface area contributed by atoms with Gasteiger partial charge in [-0.15, -0.1) is 0 Å². The number of amides is 2. The summed E-state index contributed by atoms with van der Waals surface area (Å²) in [6, 6.07) is 3.98. The van der Waals surface area contributed by atoms with Crippen LogP contribution < -0.4 is 5.32 Å². The number of carbonyl (C=O) groups excluding carboxylic acids is 2. The summed E-state index contributed by atoms with van der Waals surface area (Å²) in [5, 5.41) is 3.24. The van der Waals surface area contributed by atoms with E-state index in [-0.39, 0.29) is 17.7 Å². The molecule has 0 bridgehead atoms. The first-order chi connectivity index (χ1) is 11.7. The van der Waals surface area contributed by atoms with Crippen LogP contribution in [0, 0.1) is 11.8 Å². The minimum Gasteiger partial charge on any atom is -0.467 e. The maximum Gasteiger partial charge on any atom is 0.225 e. The molecule has 1 aromatic heterocycles. The molecule has 1 aromatic rings.